The molecule has 31 heavy (non-hydrogen) atoms. The Bertz CT molecular complexity index is 1100. The van der Waals surface area contributed by atoms with Gasteiger partial charge in [0.05, 0.1) is 18.8 Å². The van der Waals surface area contributed by atoms with E-state index >= 15 is 0 Å². The van der Waals surface area contributed by atoms with Crippen molar-refractivity contribution >= 4 is 5.78 Å². The Morgan fingerprint density at radius 3 is 2.61 bits per heavy atom. The number of Topliss-reactive ketones (excluding diaryl/α,β-unsaturated/α-hetero) is 1. The predicted molar refractivity (Wildman–Crippen MR) is 111 cm³/mol. The van der Waals surface area contributed by atoms with Crippen LogP contribution in [0.2, 0.25) is 0 Å². The fourth-order valence-electron chi connectivity index (χ4n) is 3.63. The van der Waals surface area contributed by atoms with Crippen LogP contribution in [0.5, 0.6) is 17.2 Å². The minimum Gasteiger partial charge on any atom is -0.490 e. The standard InChI is InChI=1S/C25H21FO5/c26-18-8-10-20(30-15-16-5-2-1-3-6-16)19(14-18)23(27)25-24(31-25)17-7-9-21-22(13-17)29-12-4-11-28-21/h1-3,5-10,13-14,24-25H,4,11-12,15H2/t24-,25+/m1/s1. The van der Waals surface area contributed by atoms with E-state index in [0.717, 1.165) is 17.5 Å². The van der Waals surface area contributed by atoms with Gasteiger partial charge in [0.2, 0.25) is 0 Å². The van der Waals surface area contributed by atoms with Crippen LogP contribution in [0.25, 0.3) is 0 Å². The van der Waals surface area contributed by atoms with E-state index in [2.05, 4.69) is 0 Å². The first-order valence-electron chi connectivity index (χ1n) is 10.2. The number of benzene rings is 3. The highest BCUT2D eigenvalue weighted by molar-refractivity contribution is 6.03. The zero-order chi connectivity index (χ0) is 21.2. The summed E-state index contributed by atoms with van der Waals surface area (Å²) in [6.07, 6.45) is -0.281. The Morgan fingerprint density at radius 1 is 0.968 bits per heavy atom. The monoisotopic (exact) mass is 420 g/mol. The van der Waals surface area contributed by atoms with E-state index in [1.165, 1.54) is 18.2 Å². The molecule has 3 aromatic rings. The molecule has 0 unspecified atom stereocenters. The summed E-state index contributed by atoms with van der Waals surface area (Å²) in [5, 5.41) is 0. The van der Waals surface area contributed by atoms with Gasteiger partial charge < -0.3 is 18.9 Å². The van der Waals surface area contributed by atoms with Crippen molar-refractivity contribution in [3.8, 4) is 17.2 Å². The minimum atomic E-state index is -0.689. The highest BCUT2D eigenvalue weighted by atomic mass is 19.1. The number of fused-ring (bicyclic) bond motifs is 1. The van der Waals surface area contributed by atoms with Crippen molar-refractivity contribution in [2.75, 3.05) is 13.2 Å². The lowest BCUT2D eigenvalue weighted by Gasteiger charge is -2.11. The Kier molecular flexibility index (Phi) is 5.30. The maximum Gasteiger partial charge on any atom is 0.198 e. The number of hydrogen-bond acceptors (Lipinski definition) is 5. The number of halogens is 1. The molecule has 0 aromatic heterocycles. The molecule has 1 saturated heterocycles. The topological polar surface area (TPSA) is 57.3 Å². The van der Waals surface area contributed by atoms with Crippen LogP contribution in [0.15, 0.2) is 66.7 Å². The lowest BCUT2D eigenvalue weighted by Crippen LogP contribution is -2.11. The van der Waals surface area contributed by atoms with E-state index in [-0.39, 0.29) is 18.0 Å². The highest BCUT2D eigenvalue weighted by Gasteiger charge is 2.47. The number of ketones is 1. The van der Waals surface area contributed by atoms with Crippen molar-refractivity contribution in [1.29, 1.82) is 0 Å². The van der Waals surface area contributed by atoms with Crippen LogP contribution in [-0.4, -0.2) is 25.1 Å². The third kappa shape index (κ3) is 4.25. The molecule has 5 nitrogen and oxygen atoms in total. The van der Waals surface area contributed by atoms with E-state index in [1.54, 1.807) is 0 Å². The first-order chi connectivity index (χ1) is 15.2. The van der Waals surface area contributed by atoms with E-state index in [0.29, 0.717) is 30.5 Å². The lowest BCUT2D eigenvalue weighted by atomic mass is 10.0. The fourth-order valence-corrected chi connectivity index (χ4v) is 3.63. The fraction of sp³-hybridized carbons (Fsp3) is 0.240. The van der Waals surface area contributed by atoms with Crippen molar-refractivity contribution in [3.63, 3.8) is 0 Å². The number of epoxide rings is 1. The van der Waals surface area contributed by atoms with Gasteiger partial charge in [0.1, 0.15) is 24.3 Å². The van der Waals surface area contributed by atoms with Crippen molar-refractivity contribution in [2.45, 2.75) is 25.2 Å². The van der Waals surface area contributed by atoms with E-state index < -0.39 is 18.0 Å². The molecule has 1 fully saturated rings. The highest BCUT2D eigenvalue weighted by Crippen LogP contribution is 2.44. The third-order valence-electron chi connectivity index (χ3n) is 5.29. The Balaban J connectivity index is 1.33. The first-order valence-corrected chi connectivity index (χ1v) is 10.2. The summed E-state index contributed by atoms with van der Waals surface area (Å²) in [6.45, 7) is 1.47. The summed E-state index contributed by atoms with van der Waals surface area (Å²) >= 11 is 0. The van der Waals surface area contributed by atoms with Crippen molar-refractivity contribution in [2.24, 2.45) is 0 Å². The molecule has 158 valence electrons. The minimum absolute atomic E-state index is 0.178. The molecule has 3 aromatic carbocycles. The van der Waals surface area contributed by atoms with Gasteiger partial charge in [0, 0.05) is 6.42 Å². The van der Waals surface area contributed by atoms with Crippen LogP contribution in [0.1, 0.15) is 34.0 Å². The smallest absolute Gasteiger partial charge is 0.198 e. The molecule has 0 aliphatic carbocycles. The zero-order valence-corrected chi connectivity index (χ0v) is 16.8. The zero-order valence-electron chi connectivity index (χ0n) is 16.8. The lowest BCUT2D eigenvalue weighted by molar-refractivity contribution is 0.0948. The van der Waals surface area contributed by atoms with Crippen molar-refractivity contribution < 1.29 is 28.1 Å². The van der Waals surface area contributed by atoms with Gasteiger partial charge in [0.15, 0.2) is 23.4 Å². The molecule has 0 N–H and O–H groups in total. The van der Waals surface area contributed by atoms with Gasteiger partial charge in [-0.15, -0.1) is 0 Å². The van der Waals surface area contributed by atoms with Crippen LogP contribution in [-0.2, 0) is 11.3 Å². The normalized spacial score (nSPS) is 19.4. The Labute approximate surface area is 179 Å². The molecule has 0 amide bonds. The third-order valence-corrected chi connectivity index (χ3v) is 5.29. The number of hydrogen-bond donors (Lipinski definition) is 0. The molecule has 0 saturated carbocycles. The molecular formula is C25H21FO5. The first kappa shape index (κ1) is 19.6. The molecule has 2 atom stereocenters. The van der Waals surface area contributed by atoms with Gasteiger partial charge in [-0.25, -0.2) is 4.39 Å². The SMILES string of the molecule is O=C(c1cc(F)ccc1OCc1ccccc1)[C@@H]1O[C@@H]1c1ccc2c(c1)OCCCO2. The summed E-state index contributed by atoms with van der Waals surface area (Å²) in [4.78, 5) is 13.1. The summed E-state index contributed by atoms with van der Waals surface area (Å²) in [6, 6.07) is 19.1. The van der Waals surface area contributed by atoms with Gasteiger partial charge in [-0.2, -0.15) is 0 Å². The molecule has 0 bridgehead atoms. The summed E-state index contributed by atoms with van der Waals surface area (Å²) in [5.74, 6) is 0.867. The number of carbonyl (C=O) groups is 1. The summed E-state index contributed by atoms with van der Waals surface area (Å²) < 4.78 is 36.8. The van der Waals surface area contributed by atoms with Crippen LogP contribution in [0.3, 0.4) is 0 Å². The van der Waals surface area contributed by atoms with Gasteiger partial charge >= 0.3 is 0 Å². The van der Waals surface area contributed by atoms with Crippen LogP contribution >= 0.6 is 0 Å². The van der Waals surface area contributed by atoms with Crippen molar-refractivity contribution in [3.05, 3.63) is 89.2 Å². The molecule has 0 spiro atoms. The Morgan fingerprint density at radius 2 is 1.77 bits per heavy atom. The summed E-state index contributed by atoms with van der Waals surface area (Å²) in [5.41, 5.74) is 1.96. The second kappa shape index (κ2) is 8.40. The molecular weight excluding hydrogens is 399 g/mol. The van der Waals surface area contributed by atoms with Crippen LogP contribution in [0, 0.1) is 5.82 Å². The van der Waals surface area contributed by atoms with E-state index in [1.807, 2.05) is 48.5 Å². The van der Waals surface area contributed by atoms with Crippen LogP contribution in [0.4, 0.5) is 4.39 Å². The van der Waals surface area contributed by atoms with Gasteiger partial charge in [-0.1, -0.05) is 36.4 Å². The maximum atomic E-state index is 13.9. The second-order valence-corrected chi connectivity index (χ2v) is 7.51. The number of ether oxygens (including phenoxy) is 4. The molecule has 5 rings (SSSR count). The summed E-state index contributed by atoms with van der Waals surface area (Å²) in [7, 11) is 0. The molecule has 0 radical (unpaired) electrons. The molecule has 2 aliphatic rings. The van der Waals surface area contributed by atoms with E-state index in [9.17, 15) is 9.18 Å². The molecule has 2 heterocycles. The van der Waals surface area contributed by atoms with Gasteiger partial charge in [0.25, 0.3) is 0 Å². The number of rotatable bonds is 6. The average Bonchev–Trinajstić information content (AvgIpc) is 3.62. The Hall–Kier alpha value is -3.38. The quantitative estimate of drug-likeness (QED) is 0.420. The largest absolute Gasteiger partial charge is 0.490 e. The molecule has 6 heteroatoms. The van der Waals surface area contributed by atoms with Gasteiger partial charge in [-0.05, 0) is 41.5 Å². The van der Waals surface area contributed by atoms with Crippen molar-refractivity contribution in [1.82, 2.24) is 0 Å². The van der Waals surface area contributed by atoms with E-state index in [4.69, 9.17) is 18.9 Å². The van der Waals surface area contributed by atoms with Gasteiger partial charge in [-0.3, -0.25) is 4.79 Å². The number of carbonyl (C=O) groups excluding carboxylic acids is 1. The predicted octanol–water partition coefficient (Wildman–Crippen LogP) is 4.89. The van der Waals surface area contributed by atoms with Crippen LogP contribution < -0.4 is 14.2 Å². The average molecular weight is 420 g/mol. The second-order valence-electron chi connectivity index (χ2n) is 7.51. The maximum absolute atomic E-state index is 13.9. The molecule has 2 aliphatic heterocycles.